The van der Waals surface area contributed by atoms with Gasteiger partial charge in [-0.05, 0) is 31.0 Å². The lowest BCUT2D eigenvalue weighted by Crippen LogP contribution is -2.42. The van der Waals surface area contributed by atoms with E-state index in [0.29, 0.717) is 6.42 Å². The highest BCUT2D eigenvalue weighted by molar-refractivity contribution is 9.10. The average molecular weight is 324 g/mol. The summed E-state index contributed by atoms with van der Waals surface area (Å²) in [6, 6.07) is 6.92. The summed E-state index contributed by atoms with van der Waals surface area (Å²) in [6.45, 7) is 3.54. The van der Waals surface area contributed by atoms with Gasteiger partial charge in [0.2, 0.25) is 0 Å². The van der Waals surface area contributed by atoms with Crippen molar-refractivity contribution < 1.29 is 9.59 Å². The molecule has 1 atom stereocenters. The molecule has 0 aliphatic carbocycles. The van der Waals surface area contributed by atoms with E-state index >= 15 is 0 Å². The molecule has 0 spiro atoms. The van der Waals surface area contributed by atoms with Gasteiger partial charge in [0.1, 0.15) is 5.54 Å². The number of halogens is 1. The second-order valence-electron chi connectivity index (χ2n) is 4.53. The van der Waals surface area contributed by atoms with Crippen molar-refractivity contribution in [2.24, 2.45) is 5.10 Å². The number of urea groups is 1. The molecule has 1 aliphatic rings. The third kappa shape index (κ3) is 2.68. The summed E-state index contributed by atoms with van der Waals surface area (Å²) >= 11 is 3.33. The summed E-state index contributed by atoms with van der Waals surface area (Å²) in [5.41, 5.74) is -0.0392. The number of hydrogen-bond donors (Lipinski definition) is 1. The van der Waals surface area contributed by atoms with Gasteiger partial charge in [0.05, 0.1) is 6.21 Å². The van der Waals surface area contributed by atoms with Crippen LogP contribution in [0, 0.1) is 0 Å². The predicted octanol–water partition coefficient (Wildman–Crippen LogP) is 2.50. The van der Waals surface area contributed by atoms with Gasteiger partial charge in [0, 0.05) is 4.47 Å². The largest absolute Gasteiger partial charge is 0.346 e. The molecule has 0 saturated carbocycles. The molecule has 19 heavy (non-hydrogen) atoms. The van der Waals surface area contributed by atoms with Crippen molar-refractivity contribution in [1.82, 2.24) is 10.3 Å². The topological polar surface area (TPSA) is 61.8 Å². The first-order valence-electron chi connectivity index (χ1n) is 5.92. The van der Waals surface area contributed by atoms with Crippen LogP contribution in [0.1, 0.15) is 25.8 Å². The Morgan fingerprint density at radius 2 is 2.00 bits per heavy atom. The number of imide groups is 1. The number of carbonyl (C=O) groups is 2. The van der Waals surface area contributed by atoms with Gasteiger partial charge in [0.15, 0.2) is 0 Å². The summed E-state index contributed by atoms with van der Waals surface area (Å²) in [6.07, 6.45) is 2.02. The van der Waals surface area contributed by atoms with Crippen molar-refractivity contribution >= 4 is 34.1 Å². The normalized spacial score (nSPS) is 23.2. The second kappa shape index (κ2) is 5.13. The molecular weight excluding hydrogens is 310 g/mol. The average Bonchev–Trinajstić information content (AvgIpc) is 2.61. The third-order valence-electron chi connectivity index (χ3n) is 3.14. The summed E-state index contributed by atoms with van der Waals surface area (Å²) in [5, 5.41) is 7.48. The van der Waals surface area contributed by atoms with Crippen LogP contribution in [0.5, 0.6) is 0 Å². The standard InChI is InChI=1S/C13H14BrN3O2/c1-3-13(2)11(18)17(12(19)16-13)15-8-9-4-6-10(14)7-5-9/h4-8H,3H2,1-2H3,(H,16,19). The molecule has 0 aromatic heterocycles. The molecule has 3 amide bonds. The van der Waals surface area contributed by atoms with Crippen molar-refractivity contribution in [1.29, 1.82) is 0 Å². The van der Waals surface area contributed by atoms with E-state index < -0.39 is 11.6 Å². The van der Waals surface area contributed by atoms with Crippen LogP contribution in [0.25, 0.3) is 0 Å². The van der Waals surface area contributed by atoms with Gasteiger partial charge in [0.25, 0.3) is 5.91 Å². The Hall–Kier alpha value is -1.69. The van der Waals surface area contributed by atoms with Gasteiger partial charge < -0.3 is 5.32 Å². The summed E-state index contributed by atoms with van der Waals surface area (Å²) in [4.78, 5) is 23.8. The molecule has 100 valence electrons. The van der Waals surface area contributed by atoms with Gasteiger partial charge in [-0.25, -0.2) is 4.79 Å². The molecule has 1 saturated heterocycles. The number of nitrogens with zero attached hydrogens (tertiary/aromatic N) is 2. The van der Waals surface area contributed by atoms with Crippen molar-refractivity contribution in [2.45, 2.75) is 25.8 Å². The molecule has 1 heterocycles. The lowest BCUT2D eigenvalue weighted by Gasteiger charge is -2.17. The van der Waals surface area contributed by atoms with Crippen LogP contribution in [-0.2, 0) is 4.79 Å². The SMILES string of the molecule is CCC1(C)NC(=O)N(N=Cc2ccc(Br)cc2)C1=O. The number of benzene rings is 1. The maximum atomic E-state index is 12.1. The zero-order valence-corrected chi connectivity index (χ0v) is 12.3. The Morgan fingerprint density at radius 3 is 2.53 bits per heavy atom. The Kier molecular flexibility index (Phi) is 3.71. The Balaban J connectivity index is 2.17. The number of hydrogen-bond acceptors (Lipinski definition) is 3. The van der Waals surface area contributed by atoms with E-state index in [-0.39, 0.29) is 5.91 Å². The number of nitrogens with one attached hydrogen (secondary N) is 1. The van der Waals surface area contributed by atoms with E-state index in [2.05, 4.69) is 26.3 Å². The molecule has 1 unspecified atom stereocenters. The fraction of sp³-hybridized carbons (Fsp3) is 0.308. The molecule has 1 aromatic carbocycles. The van der Waals surface area contributed by atoms with Gasteiger partial charge in [-0.2, -0.15) is 5.10 Å². The first-order chi connectivity index (χ1) is 8.96. The molecule has 1 fully saturated rings. The van der Waals surface area contributed by atoms with Crippen LogP contribution < -0.4 is 5.32 Å². The number of amides is 3. The molecule has 6 heteroatoms. The van der Waals surface area contributed by atoms with Crippen molar-refractivity contribution in [3.8, 4) is 0 Å². The van der Waals surface area contributed by atoms with Crippen LogP contribution in [-0.4, -0.2) is 28.7 Å². The van der Waals surface area contributed by atoms with Crippen molar-refractivity contribution in [3.05, 3.63) is 34.3 Å². The third-order valence-corrected chi connectivity index (χ3v) is 3.67. The Labute approximate surface area is 119 Å². The van der Waals surface area contributed by atoms with Crippen molar-refractivity contribution in [2.75, 3.05) is 0 Å². The zero-order chi connectivity index (χ0) is 14.0. The summed E-state index contributed by atoms with van der Waals surface area (Å²) in [7, 11) is 0. The molecule has 0 bridgehead atoms. The summed E-state index contributed by atoms with van der Waals surface area (Å²) < 4.78 is 0.957. The van der Waals surface area contributed by atoms with Gasteiger partial charge in [-0.1, -0.05) is 35.0 Å². The first-order valence-corrected chi connectivity index (χ1v) is 6.72. The van der Waals surface area contributed by atoms with Gasteiger partial charge >= 0.3 is 6.03 Å². The van der Waals surface area contributed by atoms with E-state index in [1.165, 1.54) is 6.21 Å². The van der Waals surface area contributed by atoms with Crippen molar-refractivity contribution in [3.63, 3.8) is 0 Å². The quantitative estimate of drug-likeness (QED) is 0.686. The van der Waals surface area contributed by atoms with Gasteiger partial charge in [-0.15, -0.1) is 5.01 Å². The molecule has 2 rings (SSSR count). The molecule has 1 N–H and O–H groups in total. The fourth-order valence-corrected chi connectivity index (χ4v) is 1.95. The predicted molar refractivity (Wildman–Crippen MR) is 75.8 cm³/mol. The molecule has 5 nitrogen and oxygen atoms in total. The molecule has 1 aromatic rings. The number of rotatable bonds is 3. The minimum absolute atomic E-state index is 0.326. The maximum absolute atomic E-state index is 12.1. The van der Waals surface area contributed by atoms with Crippen LogP contribution in [0.15, 0.2) is 33.8 Å². The lowest BCUT2D eigenvalue weighted by molar-refractivity contribution is -0.130. The van der Waals surface area contributed by atoms with Crippen LogP contribution >= 0.6 is 15.9 Å². The minimum Gasteiger partial charge on any atom is -0.322 e. The van der Waals surface area contributed by atoms with Gasteiger partial charge in [-0.3, -0.25) is 4.79 Å². The van der Waals surface area contributed by atoms with E-state index in [0.717, 1.165) is 15.0 Å². The van der Waals surface area contributed by atoms with Crippen LogP contribution in [0.2, 0.25) is 0 Å². The van der Waals surface area contributed by atoms with E-state index in [9.17, 15) is 9.59 Å². The van der Waals surface area contributed by atoms with E-state index in [4.69, 9.17) is 0 Å². The Bertz CT molecular complexity index is 541. The number of hydrazone groups is 1. The molecular formula is C13H14BrN3O2. The fourth-order valence-electron chi connectivity index (χ4n) is 1.69. The molecule has 0 radical (unpaired) electrons. The smallest absolute Gasteiger partial charge is 0.322 e. The van der Waals surface area contributed by atoms with E-state index in [1.807, 2.05) is 31.2 Å². The van der Waals surface area contributed by atoms with E-state index in [1.54, 1.807) is 6.92 Å². The Morgan fingerprint density at radius 1 is 1.37 bits per heavy atom. The van der Waals surface area contributed by atoms with Crippen LogP contribution in [0.4, 0.5) is 4.79 Å². The monoisotopic (exact) mass is 323 g/mol. The highest BCUT2D eigenvalue weighted by Gasteiger charge is 2.46. The minimum atomic E-state index is -0.853. The zero-order valence-electron chi connectivity index (χ0n) is 10.7. The van der Waals surface area contributed by atoms with Crippen LogP contribution in [0.3, 0.4) is 0 Å². The molecule has 1 aliphatic heterocycles. The maximum Gasteiger partial charge on any atom is 0.346 e. The summed E-state index contributed by atoms with van der Waals surface area (Å²) in [5.74, 6) is -0.326. The highest BCUT2D eigenvalue weighted by atomic mass is 79.9. The second-order valence-corrected chi connectivity index (χ2v) is 5.44. The first kappa shape index (κ1) is 13.7. The number of carbonyl (C=O) groups excluding carboxylic acids is 2. The highest BCUT2D eigenvalue weighted by Crippen LogP contribution is 2.20. The lowest BCUT2D eigenvalue weighted by atomic mass is 10.00.